The van der Waals surface area contributed by atoms with Gasteiger partial charge in [-0.3, -0.25) is 0 Å². The fourth-order valence-corrected chi connectivity index (χ4v) is 1.67. The molecular formula is C13H11N3O2. The van der Waals surface area contributed by atoms with Crippen LogP contribution in [0.4, 0.5) is 0 Å². The highest BCUT2D eigenvalue weighted by Gasteiger charge is 2.09. The maximum absolute atomic E-state index is 5.45. The Hall–Kier alpha value is -2.43. The second-order valence-electron chi connectivity index (χ2n) is 3.90. The Kier molecular flexibility index (Phi) is 2.44. The van der Waals surface area contributed by atoms with Gasteiger partial charge < -0.3 is 8.83 Å². The molecule has 0 N–H and O–H groups in total. The van der Waals surface area contributed by atoms with Gasteiger partial charge in [-0.05, 0) is 12.1 Å². The first-order chi connectivity index (χ1) is 8.72. The van der Waals surface area contributed by atoms with E-state index in [2.05, 4.69) is 15.0 Å². The van der Waals surface area contributed by atoms with Gasteiger partial charge in [0.1, 0.15) is 11.4 Å². The van der Waals surface area contributed by atoms with E-state index < -0.39 is 0 Å². The van der Waals surface area contributed by atoms with E-state index in [9.17, 15) is 0 Å². The minimum atomic E-state index is 0.618. The number of hydrogen-bond acceptors (Lipinski definition) is 5. The third-order valence-electron chi connectivity index (χ3n) is 2.50. The van der Waals surface area contributed by atoms with Crippen LogP contribution in [0.25, 0.3) is 22.9 Å². The lowest BCUT2D eigenvalue weighted by Gasteiger charge is -1.98. The molecule has 5 nitrogen and oxygen atoms in total. The molecule has 0 fully saturated rings. The quantitative estimate of drug-likeness (QED) is 0.690. The van der Waals surface area contributed by atoms with E-state index in [0.717, 1.165) is 11.4 Å². The molecule has 3 aromatic rings. The predicted octanol–water partition coefficient (Wildman–Crippen LogP) is 3.01. The first kappa shape index (κ1) is 10.7. The van der Waals surface area contributed by atoms with Crippen LogP contribution in [0.2, 0.25) is 0 Å². The van der Waals surface area contributed by atoms with Gasteiger partial charge in [-0.1, -0.05) is 6.07 Å². The maximum Gasteiger partial charge on any atom is 0.191 e. The summed E-state index contributed by atoms with van der Waals surface area (Å²) in [5.41, 5.74) is 1.45. The predicted molar refractivity (Wildman–Crippen MR) is 64.7 cm³/mol. The number of rotatable bonds is 2. The summed E-state index contributed by atoms with van der Waals surface area (Å²) in [6, 6.07) is 5.63. The molecule has 0 aliphatic carbocycles. The highest BCUT2D eigenvalue weighted by Crippen LogP contribution is 2.23. The molecule has 3 heterocycles. The van der Waals surface area contributed by atoms with Crippen LogP contribution >= 0.6 is 0 Å². The number of aromatic nitrogens is 3. The maximum atomic E-state index is 5.45. The zero-order valence-corrected chi connectivity index (χ0v) is 10.0. The number of oxazole rings is 2. The average Bonchev–Trinajstić information content (AvgIpc) is 2.98. The van der Waals surface area contributed by atoms with E-state index in [1.807, 2.05) is 18.2 Å². The Morgan fingerprint density at radius 2 is 1.33 bits per heavy atom. The Labute approximate surface area is 104 Å². The lowest BCUT2D eigenvalue weighted by molar-refractivity contribution is 0.529. The fraction of sp³-hybridized carbons (Fsp3) is 0.154. The Morgan fingerprint density at radius 3 is 1.72 bits per heavy atom. The summed E-state index contributed by atoms with van der Waals surface area (Å²) in [6.07, 6.45) is 3.32. The van der Waals surface area contributed by atoms with Crippen molar-refractivity contribution in [3.05, 3.63) is 42.4 Å². The Morgan fingerprint density at radius 1 is 0.833 bits per heavy atom. The molecule has 0 unspecified atom stereocenters. The molecule has 0 bridgehead atoms. The molecule has 0 spiro atoms. The van der Waals surface area contributed by atoms with Crippen molar-refractivity contribution in [2.75, 3.05) is 0 Å². The van der Waals surface area contributed by atoms with Crippen LogP contribution in [-0.2, 0) is 0 Å². The Bertz CT molecular complexity index is 629. The SMILES string of the molecule is Cc1ncc(-c2cccc(-c3cnc(C)o3)n2)o1. The summed E-state index contributed by atoms with van der Waals surface area (Å²) >= 11 is 0. The van der Waals surface area contributed by atoms with Gasteiger partial charge in [0.2, 0.25) is 0 Å². The van der Waals surface area contributed by atoms with Crippen molar-refractivity contribution in [1.82, 2.24) is 15.0 Å². The summed E-state index contributed by atoms with van der Waals surface area (Å²) in [4.78, 5) is 12.6. The minimum Gasteiger partial charge on any atom is -0.439 e. The third kappa shape index (κ3) is 1.90. The normalized spacial score (nSPS) is 10.8. The van der Waals surface area contributed by atoms with E-state index in [-0.39, 0.29) is 0 Å². The summed E-state index contributed by atoms with van der Waals surface area (Å²) in [7, 11) is 0. The van der Waals surface area contributed by atoms with Crippen LogP contribution in [-0.4, -0.2) is 15.0 Å². The summed E-state index contributed by atoms with van der Waals surface area (Å²) in [5, 5.41) is 0. The van der Waals surface area contributed by atoms with E-state index in [4.69, 9.17) is 8.83 Å². The van der Waals surface area contributed by atoms with Crippen LogP contribution in [0, 0.1) is 13.8 Å². The molecule has 3 rings (SSSR count). The molecule has 90 valence electrons. The number of nitrogens with zero attached hydrogens (tertiary/aromatic N) is 3. The molecule has 18 heavy (non-hydrogen) atoms. The molecule has 0 amide bonds. The van der Waals surface area contributed by atoms with Gasteiger partial charge in [0.25, 0.3) is 0 Å². The van der Waals surface area contributed by atoms with Crippen LogP contribution in [0.3, 0.4) is 0 Å². The smallest absolute Gasteiger partial charge is 0.191 e. The van der Waals surface area contributed by atoms with Crippen molar-refractivity contribution in [2.45, 2.75) is 13.8 Å². The molecule has 0 saturated carbocycles. The van der Waals surface area contributed by atoms with Crippen molar-refractivity contribution in [2.24, 2.45) is 0 Å². The minimum absolute atomic E-state index is 0.618. The van der Waals surface area contributed by atoms with Crippen molar-refractivity contribution in [3.8, 4) is 22.9 Å². The summed E-state index contributed by atoms with van der Waals surface area (Å²) in [5.74, 6) is 2.52. The van der Waals surface area contributed by atoms with Crippen molar-refractivity contribution in [3.63, 3.8) is 0 Å². The van der Waals surface area contributed by atoms with Gasteiger partial charge in [-0.2, -0.15) is 0 Å². The lowest BCUT2D eigenvalue weighted by Crippen LogP contribution is -1.85. The lowest BCUT2D eigenvalue weighted by atomic mass is 10.2. The molecule has 0 aliphatic heterocycles. The molecule has 5 heteroatoms. The van der Waals surface area contributed by atoms with Gasteiger partial charge in [0.15, 0.2) is 23.3 Å². The van der Waals surface area contributed by atoms with Crippen LogP contribution in [0.15, 0.2) is 39.4 Å². The Balaban J connectivity index is 2.04. The standard InChI is InChI=1S/C13H11N3O2/c1-8-14-6-12(17-8)10-4-3-5-11(16-10)13-7-15-9(2)18-13/h3-7H,1-2H3. The second kappa shape index (κ2) is 4.10. The molecule has 0 saturated heterocycles. The van der Waals surface area contributed by atoms with E-state index in [1.54, 1.807) is 26.2 Å². The zero-order chi connectivity index (χ0) is 12.5. The van der Waals surface area contributed by atoms with Gasteiger partial charge in [-0.25, -0.2) is 15.0 Å². The van der Waals surface area contributed by atoms with Crippen molar-refractivity contribution >= 4 is 0 Å². The topological polar surface area (TPSA) is 65.0 Å². The van der Waals surface area contributed by atoms with E-state index >= 15 is 0 Å². The first-order valence-corrected chi connectivity index (χ1v) is 5.55. The molecule has 0 aliphatic rings. The fourth-order valence-electron chi connectivity index (χ4n) is 1.67. The summed E-state index contributed by atoms with van der Waals surface area (Å²) in [6.45, 7) is 3.60. The number of aryl methyl sites for hydroxylation is 2. The molecular weight excluding hydrogens is 230 g/mol. The zero-order valence-electron chi connectivity index (χ0n) is 10.0. The monoisotopic (exact) mass is 241 g/mol. The van der Waals surface area contributed by atoms with E-state index in [1.165, 1.54) is 0 Å². The number of pyridine rings is 1. The highest BCUT2D eigenvalue weighted by molar-refractivity contribution is 5.58. The first-order valence-electron chi connectivity index (χ1n) is 5.55. The van der Waals surface area contributed by atoms with Crippen LogP contribution < -0.4 is 0 Å². The van der Waals surface area contributed by atoms with Gasteiger partial charge >= 0.3 is 0 Å². The molecule has 0 atom stereocenters. The van der Waals surface area contributed by atoms with Gasteiger partial charge in [0.05, 0.1) is 12.4 Å². The largest absolute Gasteiger partial charge is 0.439 e. The van der Waals surface area contributed by atoms with Crippen LogP contribution in [0.1, 0.15) is 11.8 Å². The third-order valence-corrected chi connectivity index (χ3v) is 2.50. The van der Waals surface area contributed by atoms with Gasteiger partial charge in [0, 0.05) is 13.8 Å². The highest BCUT2D eigenvalue weighted by atomic mass is 16.4. The summed E-state index contributed by atoms with van der Waals surface area (Å²) < 4.78 is 10.9. The van der Waals surface area contributed by atoms with Gasteiger partial charge in [-0.15, -0.1) is 0 Å². The molecule has 0 radical (unpaired) electrons. The van der Waals surface area contributed by atoms with Crippen molar-refractivity contribution in [1.29, 1.82) is 0 Å². The van der Waals surface area contributed by atoms with E-state index in [0.29, 0.717) is 23.3 Å². The van der Waals surface area contributed by atoms with Crippen molar-refractivity contribution < 1.29 is 8.83 Å². The molecule has 3 aromatic heterocycles. The number of hydrogen-bond donors (Lipinski definition) is 0. The molecule has 0 aromatic carbocycles. The van der Waals surface area contributed by atoms with Crippen LogP contribution in [0.5, 0.6) is 0 Å². The average molecular weight is 241 g/mol. The second-order valence-corrected chi connectivity index (χ2v) is 3.90.